The molecule has 0 bridgehead atoms. The van der Waals surface area contributed by atoms with Crippen LogP contribution in [0.3, 0.4) is 0 Å². The maximum atomic E-state index is 11.8. The molecule has 5 nitrogen and oxygen atoms in total. The predicted octanol–water partition coefficient (Wildman–Crippen LogP) is 2.93. The van der Waals surface area contributed by atoms with Crippen molar-refractivity contribution in [3.8, 4) is 0 Å². The fraction of sp³-hybridized carbons (Fsp3) is 0.529. The Morgan fingerprint density at radius 1 is 1.27 bits per heavy atom. The number of aldehydes is 1. The maximum absolute atomic E-state index is 11.8. The number of carbonyl (C=O) groups excluding carboxylic acids is 2. The van der Waals surface area contributed by atoms with Gasteiger partial charge in [0.25, 0.3) is 0 Å². The van der Waals surface area contributed by atoms with E-state index in [4.69, 9.17) is 9.47 Å². The van der Waals surface area contributed by atoms with Crippen molar-refractivity contribution in [2.24, 2.45) is 5.92 Å². The Balaban J connectivity index is 2.50. The quantitative estimate of drug-likeness (QED) is 0.787. The van der Waals surface area contributed by atoms with Crippen LogP contribution in [0.4, 0.5) is 4.79 Å². The molecule has 0 heterocycles. The largest absolute Gasteiger partial charge is 0.444 e. The van der Waals surface area contributed by atoms with Crippen molar-refractivity contribution in [3.63, 3.8) is 0 Å². The molecule has 1 amide bonds. The summed E-state index contributed by atoms with van der Waals surface area (Å²) in [4.78, 5) is 22.8. The number of carbonyl (C=O) groups is 2. The lowest BCUT2D eigenvalue weighted by molar-refractivity contribution is -0.111. The van der Waals surface area contributed by atoms with E-state index in [-0.39, 0.29) is 12.5 Å². The van der Waals surface area contributed by atoms with Gasteiger partial charge in [0.15, 0.2) is 0 Å². The summed E-state index contributed by atoms with van der Waals surface area (Å²) >= 11 is 0. The van der Waals surface area contributed by atoms with E-state index in [0.717, 1.165) is 11.8 Å². The smallest absolute Gasteiger partial charge is 0.407 e. The zero-order chi connectivity index (χ0) is 16.6. The van der Waals surface area contributed by atoms with Gasteiger partial charge in [-0.05, 0) is 26.3 Å². The molecule has 122 valence electrons. The van der Waals surface area contributed by atoms with E-state index >= 15 is 0 Å². The molecule has 0 spiro atoms. The number of hydrogen-bond donors (Lipinski definition) is 1. The average molecular weight is 307 g/mol. The summed E-state index contributed by atoms with van der Waals surface area (Å²) in [7, 11) is 0. The third kappa shape index (κ3) is 7.22. The van der Waals surface area contributed by atoms with Gasteiger partial charge < -0.3 is 19.6 Å². The Morgan fingerprint density at radius 3 is 2.45 bits per heavy atom. The van der Waals surface area contributed by atoms with Crippen molar-refractivity contribution >= 4 is 12.4 Å². The van der Waals surface area contributed by atoms with Crippen LogP contribution in [0.1, 0.15) is 33.3 Å². The zero-order valence-corrected chi connectivity index (χ0v) is 13.7. The molecule has 0 radical (unpaired) electrons. The number of amides is 1. The van der Waals surface area contributed by atoms with Gasteiger partial charge in [-0.15, -0.1) is 0 Å². The molecule has 0 aliphatic carbocycles. The van der Waals surface area contributed by atoms with Crippen LogP contribution in [0.15, 0.2) is 30.3 Å². The molecule has 1 aromatic carbocycles. The molecule has 0 unspecified atom stereocenters. The van der Waals surface area contributed by atoms with Gasteiger partial charge in [-0.25, -0.2) is 4.79 Å². The van der Waals surface area contributed by atoms with Crippen molar-refractivity contribution in [2.75, 3.05) is 6.61 Å². The molecule has 1 aromatic rings. The summed E-state index contributed by atoms with van der Waals surface area (Å²) < 4.78 is 10.8. The molecule has 0 saturated carbocycles. The van der Waals surface area contributed by atoms with E-state index in [2.05, 4.69) is 5.32 Å². The molecule has 1 N–H and O–H groups in total. The highest BCUT2D eigenvalue weighted by atomic mass is 16.6. The van der Waals surface area contributed by atoms with E-state index in [1.54, 1.807) is 27.7 Å². The van der Waals surface area contributed by atoms with Crippen molar-refractivity contribution in [3.05, 3.63) is 35.9 Å². The van der Waals surface area contributed by atoms with Crippen molar-refractivity contribution in [2.45, 2.75) is 45.9 Å². The second kappa shape index (κ2) is 8.54. The first kappa shape index (κ1) is 18.2. The second-order valence-electron chi connectivity index (χ2n) is 6.25. The minimum Gasteiger partial charge on any atom is -0.444 e. The van der Waals surface area contributed by atoms with Crippen LogP contribution in [-0.4, -0.2) is 30.6 Å². The Labute approximate surface area is 132 Å². The van der Waals surface area contributed by atoms with Crippen LogP contribution >= 0.6 is 0 Å². The summed E-state index contributed by atoms with van der Waals surface area (Å²) in [5.41, 5.74) is 0.460. The van der Waals surface area contributed by atoms with E-state index in [1.165, 1.54) is 0 Å². The average Bonchev–Trinajstić information content (AvgIpc) is 2.44. The van der Waals surface area contributed by atoms with Crippen LogP contribution in [0.25, 0.3) is 0 Å². The zero-order valence-electron chi connectivity index (χ0n) is 13.7. The van der Waals surface area contributed by atoms with E-state index < -0.39 is 17.7 Å². The number of nitrogens with one attached hydrogen (secondary N) is 1. The summed E-state index contributed by atoms with van der Waals surface area (Å²) in [6.45, 7) is 7.78. The third-order valence-electron chi connectivity index (χ3n) is 2.96. The molecule has 0 aromatic heterocycles. The van der Waals surface area contributed by atoms with Gasteiger partial charge in [-0.2, -0.15) is 0 Å². The number of ether oxygens (including phenoxy) is 2. The fourth-order valence-electron chi connectivity index (χ4n) is 1.76. The number of hydrogen-bond acceptors (Lipinski definition) is 4. The molecular formula is C17H25NO4. The molecule has 22 heavy (non-hydrogen) atoms. The van der Waals surface area contributed by atoms with Gasteiger partial charge >= 0.3 is 6.09 Å². The molecule has 2 atom stereocenters. The lowest BCUT2D eigenvalue weighted by Crippen LogP contribution is -2.45. The molecule has 0 saturated heterocycles. The van der Waals surface area contributed by atoms with Crippen LogP contribution in [0.5, 0.6) is 0 Å². The highest BCUT2D eigenvalue weighted by molar-refractivity contribution is 5.69. The van der Waals surface area contributed by atoms with E-state index in [0.29, 0.717) is 6.61 Å². The van der Waals surface area contributed by atoms with E-state index in [9.17, 15) is 9.59 Å². The molecule has 0 aliphatic rings. The fourth-order valence-corrected chi connectivity index (χ4v) is 1.76. The highest BCUT2D eigenvalue weighted by Crippen LogP contribution is 2.09. The van der Waals surface area contributed by atoms with Gasteiger partial charge in [0.1, 0.15) is 11.9 Å². The third-order valence-corrected chi connectivity index (χ3v) is 2.96. The molecule has 0 aliphatic heterocycles. The van der Waals surface area contributed by atoms with Crippen molar-refractivity contribution < 1.29 is 19.1 Å². The molecular weight excluding hydrogens is 282 g/mol. The predicted molar refractivity (Wildman–Crippen MR) is 84.5 cm³/mol. The van der Waals surface area contributed by atoms with Crippen molar-refractivity contribution in [1.29, 1.82) is 0 Å². The van der Waals surface area contributed by atoms with Crippen LogP contribution < -0.4 is 5.32 Å². The minimum atomic E-state index is -0.579. The van der Waals surface area contributed by atoms with Gasteiger partial charge in [0, 0.05) is 5.92 Å². The van der Waals surface area contributed by atoms with Gasteiger partial charge in [-0.3, -0.25) is 0 Å². The standard InChI is InChI=1S/C17H25NO4/c1-13(10-19)15(18-16(20)22-17(2,3)4)12-21-11-14-8-6-5-7-9-14/h5-10,13,15H,11-12H2,1-4H3,(H,18,20)/t13-,15+/m1/s1. The summed E-state index contributed by atoms with van der Waals surface area (Å²) in [5, 5.41) is 2.69. The number of rotatable bonds is 7. The van der Waals surface area contributed by atoms with Crippen molar-refractivity contribution in [1.82, 2.24) is 5.32 Å². The normalized spacial score (nSPS) is 14.0. The Morgan fingerprint density at radius 2 is 1.91 bits per heavy atom. The highest BCUT2D eigenvalue weighted by Gasteiger charge is 2.23. The summed E-state index contributed by atoms with van der Waals surface area (Å²) in [6.07, 6.45) is 0.253. The SMILES string of the molecule is C[C@H](C=O)[C@H](COCc1ccccc1)NC(=O)OC(C)(C)C. The lowest BCUT2D eigenvalue weighted by Gasteiger charge is -2.25. The Bertz CT molecular complexity index is 467. The summed E-state index contributed by atoms with van der Waals surface area (Å²) in [5.74, 6) is -0.358. The second-order valence-corrected chi connectivity index (χ2v) is 6.25. The van der Waals surface area contributed by atoms with Gasteiger partial charge in [0.05, 0.1) is 19.3 Å². The molecule has 5 heteroatoms. The Hall–Kier alpha value is -1.88. The van der Waals surface area contributed by atoms with Crippen LogP contribution in [-0.2, 0) is 20.9 Å². The van der Waals surface area contributed by atoms with Gasteiger partial charge in [-0.1, -0.05) is 37.3 Å². The summed E-state index contributed by atoms with van der Waals surface area (Å²) in [6, 6.07) is 9.30. The monoisotopic (exact) mass is 307 g/mol. The molecule has 1 rings (SSSR count). The Kier molecular flexibility index (Phi) is 7.05. The maximum Gasteiger partial charge on any atom is 0.407 e. The lowest BCUT2D eigenvalue weighted by atomic mass is 10.1. The number of alkyl carbamates (subject to hydrolysis) is 1. The minimum absolute atomic E-state index is 0.244. The van der Waals surface area contributed by atoms with E-state index in [1.807, 2.05) is 30.3 Å². The van der Waals surface area contributed by atoms with Crippen LogP contribution in [0, 0.1) is 5.92 Å². The first-order valence-electron chi connectivity index (χ1n) is 7.38. The first-order chi connectivity index (χ1) is 10.3. The topological polar surface area (TPSA) is 64.6 Å². The first-order valence-corrected chi connectivity index (χ1v) is 7.38. The number of benzene rings is 1. The molecule has 0 fully saturated rings. The van der Waals surface area contributed by atoms with Gasteiger partial charge in [0.2, 0.25) is 0 Å². The van der Waals surface area contributed by atoms with Crippen LogP contribution in [0.2, 0.25) is 0 Å².